The molecule has 0 saturated carbocycles. The van der Waals surface area contributed by atoms with E-state index in [1.807, 2.05) is 0 Å². The molecular formula is C16H15I3O. The number of rotatable bonds is 4. The van der Waals surface area contributed by atoms with Crippen LogP contribution in [0.3, 0.4) is 0 Å². The third-order valence-electron chi connectivity index (χ3n) is 3.07. The molecule has 106 valence electrons. The molecule has 0 aromatic heterocycles. The van der Waals surface area contributed by atoms with Gasteiger partial charge in [-0.05, 0) is 76.9 Å². The van der Waals surface area contributed by atoms with Crippen LogP contribution in [0.25, 0.3) is 0 Å². The average Bonchev–Trinajstić information content (AvgIpc) is 2.39. The van der Waals surface area contributed by atoms with Crippen LogP contribution in [-0.2, 0) is 6.61 Å². The zero-order valence-electron chi connectivity index (χ0n) is 11.3. The minimum atomic E-state index is 0.458. The van der Waals surface area contributed by atoms with Crippen LogP contribution in [-0.4, -0.2) is 0 Å². The maximum Gasteiger partial charge on any atom is 0.122 e. The van der Waals surface area contributed by atoms with E-state index < -0.39 is 0 Å². The largest absolute Gasteiger partial charge is 0.489 e. The summed E-state index contributed by atoms with van der Waals surface area (Å²) in [4.78, 5) is 0. The van der Waals surface area contributed by atoms with E-state index in [1.54, 1.807) is 0 Å². The number of halogens is 3. The molecule has 0 radical (unpaired) electrons. The molecular weight excluding hydrogens is 589 g/mol. The van der Waals surface area contributed by atoms with Crippen molar-refractivity contribution in [3.05, 3.63) is 62.2 Å². The Morgan fingerprint density at radius 2 is 1.80 bits per heavy atom. The van der Waals surface area contributed by atoms with Gasteiger partial charge in [-0.1, -0.05) is 63.4 Å². The van der Waals surface area contributed by atoms with Crippen molar-refractivity contribution in [2.45, 2.75) is 22.4 Å². The van der Waals surface area contributed by atoms with Gasteiger partial charge in [-0.15, -0.1) is 0 Å². The SMILES string of the molecule is Cc1ccc(C)c(OCc2cc(I)ccc2C(I)I)c1. The second-order valence-corrected chi connectivity index (χ2v) is 10.8. The minimum Gasteiger partial charge on any atom is -0.489 e. The lowest BCUT2D eigenvalue weighted by Crippen LogP contribution is -2.01. The van der Waals surface area contributed by atoms with Crippen molar-refractivity contribution in [3.8, 4) is 5.75 Å². The number of benzene rings is 2. The van der Waals surface area contributed by atoms with Gasteiger partial charge in [0.15, 0.2) is 0 Å². The standard InChI is InChI=1S/C16H15I3O/c1-10-3-4-11(2)15(7-10)20-9-12-8-13(17)5-6-14(12)16(18)19/h3-8,16H,9H2,1-2H3. The first-order chi connectivity index (χ1) is 9.47. The smallest absolute Gasteiger partial charge is 0.122 e. The van der Waals surface area contributed by atoms with Gasteiger partial charge in [0.1, 0.15) is 12.4 Å². The van der Waals surface area contributed by atoms with Crippen molar-refractivity contribution in [3.63, 3.8) is 0 Å². The van der Waals surface area contributed by atoms with Crippen LogP contribution in [0.1, 0.15) is 24.2 Å². The van der Waals surface area contributed by atoms with E-state index in [0.29, 0.717) is 8.54 Å². The van der Waals surface area contributed by atoms with E-state index >= 15 is 0 Å². The van der Waals surface area contributed by atoms with Crippen molar-refractivity contribution < 1.29 is 4.74 Å². The number of alkyl halides is 2. The third-order valence-corrected chi connectivity index (χ3v) is 5.08. The van der Waals surface area contributed by atoms with Crippen LogP contribution in [0.2, 0.25) is 0 Å². The Kier molecular flexibility index (Phi) is 6.40. The van der Waals surface area contributed by atoms with Gasteiger partial charge >= 0.3 is 0 Å². The third kappa shape index (κ3) is 4.46. The number of hydrogen-bond acceptors (Lipinski definition) is 1. The van der Waals surface area contributed by atoms with E-state index in [-0.39, 0.29) is 0 Å². The summed E-state index contributed by atoms with van der Waals surface area (Å²) in [7, 11) is 0. The molecule has 2 aromatic carbocycles. The van der Waals surface area contributed by atoms with E-state index in [1.165, 1.54) is 25.8 Å². The fraction of sp³-hybridized carbons (Fsp3) is 0.250. The second-order valence-electron chi connectivity index (χ2n) is 4.70. The predicted octanol–water partition coefficient (Wildman–Crippen LogP) is 6.36. The van der Waals surface area contributed by atoms with Crippen LogP contribution in [0.4, 0.5) is 0 Å². The summed E-state index contributed by atoms with van der Waals surface area (Å²) in [5.74, 6) is 0.980. The van der Waals surface area contributed by atoms with Crippen LogP contribution in [0.15, 0.2) is 36.4 Å². The summed E-state index contributed by atoms with van der Waals surface area (Å²) in [6.45, 7) is 4.80. The molecule has 2 aromatic rings. The topological polar surface area (TPSA) is 9.23 Å². The molecule has 0 aliphatic rings. The average molecular weight is 604 g/mol. The first-order valence-electron chi connectivity index (χ1n) is 6.24. The van der Waals surface area contributed by atoms with Gasteiger partial charge in [-0.3, -0.25) is 0 Å². The molecule has 0 heterocycles. The summed E-state index contributed by atoms with van der Waals surface area (Å²) in [6, 6.07) is 12.9. The van der Waals surface area contributed by atoms with Crippen molar-refractivity contribution in [2.24, 2.45) is 0 Å². The highest BCUT2D eigenvalue weighted by Crippen LogP contribution is 2.34. The summed E-state index contributed by atoms with van der Waals surface area (Å²) in [5.41, 5.74) is 5.03. The van der Waals surface area contributed by atoms with E-state index in [0.717, 1.165) is 5.75 Å². The molecule has 0 saturated heterocycles. The van der Waals surface area contributed by atoms with Gasteiger partial charge in [0.05, 0.1) is 1.93 Å². The highest BCUT2D eigenvalue weighted by Gasteiger charge is 2.10. The molecule has 0 amide bonds. The van der Waals surface area contributed by atoms with Crippen LogP contribution in [0.5, 0.6) is 5.75 Å². The molecule has 2 rings (SSSR count). The van der Waals surface area contributed by atoms with Crippen molar-refractivity contribution in [1.82, 2.24) is 0 Å². The molecule has 0 spiro atoms. The maximum atomic E-state index is 6.04. The molecule has 0 aliphatic heterocycles. The Balaban J connectivity index is 2.22. The monoisotopic (exact) mass is 604 g/mol. The lowest BCUT2D eigenvalue weighted by atomic mass is 10.1. The quantitative estimate of drug-likeness (QED) is 0.292. The molecule has 0 aliphatic carbocycles. The zero-order chi connectivity index (χ0) is 14.7. The van der Waals surface area contributed by atoms with Gasteiger partial charge in [0, 0.05) is 3.57 Å². The first kappa shape index (κ1) is 16.8. The van der Waals surface area contributed by atoms with Crippen molar-refractivity contribution in [2.75, 3.05) is 0 Å². The van der Waals surface area contributed by atoms with Crippen LogP contribution < -0.4 is 4.74 Å². The number of ether oxygens (including phenoxy) is 1. The molecule has 4 heteroatoms. The maximum absolute atomic E-state index is 6.04. The molecule has 0 atom stereocenters. The first-order valence-corrected chi connectivity index (χ1v) is 9.81. The molecule has 0 fully saturated rings. The van der Waals surface area contributed by atoms with Crippen LogP contribution in [0, 0.1) is 17.4 Å². The van der Waals surface area contributed by atoms with E-state index in [4.69, 9.17) is 4.74 Å². The highest BCUT2D eigenvalue weighted by atomic mass is 127. The van der Waals surface area contributed by atoms with Gasteiger partial charge in [0.25, 0.3) is 0 Å². The summed E-state index contributed by atoms with van der Waals surface area (Å²) >= 11 is 7.23. The Labute approximate surface area is 161 Å². The summed E-state index contributed by atoms with van der Waals surface area (Å²) in [5, 5.41) is 0. The predicted molar refractivity (Wildman–Crippen MR) is 110 cm³/mol. The van der Waals surface area contributed by atoms with E-state index in [2.05, 4.69) is 118 Å². The minimum absolute atomic E-state index is 0.458. The lowest BCUT2D eigenvalue weighted by Gasteiger charge is -2.14. The van der Waals surface area contributed by atoms with Gasteiger partial charge in [-0.25, -0.2) is 0 Å². The van der Waals surface area contributed by atoms with Gasteiger partial charge in [-0.2, -0.15) is 0 Å². The fourth-order valence-corrected chi connectivity index (χ4v) is 3.70. The van der Waals surface area contributed by atoms with Crippen LogP contribution >= 0.6 is 67.8 Å². The molecule has 1 nitrogen and oxygen atoms in total. The Morgan fingerprint density at radius 1 is 1.05 bits per heavy atom. The lowest BCUT2D eigenvalue weighted by molar-refractivity contribution is 0.303. The second kappa shape index (κ2) is 7.62. The Bertz CT molecular complexity index is 609. The Morgan fingerprint density at radius 3 is 2.50 bits per heavy atom. The zero-order valence-corrected chi connectivity index (χ0v) is 17.8. The van der Waals surface area contributed by atoms with Crippen molar-refractivity contribution in [1.29, 1.82) is 0 Å². The Hall–Kier alpha value is 0.430. The van der Waals surface area contributed by atoms with Gasteiger partial charge < -0.3 is 4.74 Å². The molecule has 0 bridgehead atoms. The molecule has 0 N–H and O–H groups in total. The summed E-state index contributed by atoms with van der Waals surface area (Å²) in [6.07, 6.45) is 0. The normalized spacial score (nSPS) is 10.9. The van der Waals surface area contributed by atoms with E-state index in [9.17, 15) is 0 Å². The fourth-order valence-electron chi connectivity index (χ4n) is 1.93. The van der Waals surface area contributed by atoms with Crippen molar-refractivity contribution >= 4 is 67.8 Å². The highest BCUT2D eigenvalue weighted by molar-refractivity contribution is 14.2. The van der Waals surface area contributed by atoms with Gasteiger partial charge in [0.2, 0.25) is 0 Å². The number of aryl methyl sites for hydroxylation is 2. The molecule has 0 unspecified atom stereocenters. The summed E-state index contributed by atoms with van der Waals surface area (Å²) < 4.78 is 7.75. The number of hydrogen-bond donors (Lipinski definition) is 0. The molecule has 20 heavy (non-hydrogen) atoms.